The highest BCUT2D eigenvalue weighted by atomic mass is 35.5. The van der Waals surface area contributed by atoms with Crippen LogP contribution in [0.4, 0.5) is 0 Å². The normalized spacial score (nSPS) is 22.3. The van der Waals surface area contributed by atoms with Crippen molar-refractivity contribution in [2.75, 3.05) is 0 Å². The first kappa shape index (κ1) is 11.0. The van der Waals surface area contributed by atoms with Crippen molar-refractivity contribution in [1.82, 2.24) is 3.96 Å². The summed E-state index contributed by atoms with van der Waals surface area (Å²) >= 11 is 6.70. The summed E-state index contributed by atoms with van der Waals surface area (Å²) in [7, 11) is 1.68. The zero-order valence-electron chi connectivity index (χ0n) is 8.70. The van der Waals surface area contributed by atoms with Crippen LogP contribution in [0.5, 0.6) is 0 Å². The topological polar surface area (TPSA) is 22.0 Å². The van der Waals surface area contributed by atoms with Gasteiger partial charge in [-0.2, -0.15) is 0 Å². The minimum absolute atomic E-state index is 0.0417. The predicted molar refractivity (Wildman–Crippen MR) is 64.6 cm³/mol. The van der Waals surface area contributed by atoms with Gasteiger partial charge in [0.25, 0.3) is 5.56 Å². The van der Waals surface area contributed by atoms with Crippen LogP contribution in [0.25, 0.3) is 0 Å². The summed E-state index contributed by atoms with van der Waals surface area (Å²) in [5, 5.41) is 0. The van der Waals surface area contributed by atoms with Gasteiger partial charge in [-0.3, -0.25) is 8.75 Å². The molecule has 1 fully saturated rings. The zero-order chi connectivity index (χ0) is 10.8. The van der Waals surface area contributed by atoms with Crippen molar-refractivity contribution < 1.29 is 0 Å². The van der Waals surface area contributed by atoms with E-state index >= 15 is 0 Å². The highest BCUT2D eigenvalue weighted by Crippen LogP contribution is 2.38. The number of aromatic nitrogens is 1. The van der Waals surface area contributed by atoms with Crippen molar-refractivity contribution in [3.63, 3.8) is 0 Å². The molecule has 0 N–H and O–H groups in total. The Hall–Kier alpha value is -0.540. The van der Waals surface area contributed by atoms with Crippen molar-refractivity contribution in [3.05, 3.63) is 32.4 Å². The average molecular weight is 244 g/mol. The van der Waals surface area contributed by atoms with E-state index in [-0.39, 0.29) is 5.56 Å². The van der Waals surface area contributed by atoms with Crippen molar-refractivity contribution in [3.8, 4) is 0 Å². The largest absolute Gasteiger partial charge is 0.268 e. The molecule has 1 aromatic rings. The number of allylic oxidation sites excluding steroid dienone is 2. The van der Waals surface area contributed by atoms with Gasteiger partial charge in [0.15, 0.2) is 0 Å². The Morgan fingerprint density at radius 2 is 2.40 bits per heavy atom. The fourth-order valence-electron chi connectivity index (χ4n) is 2.07. The maximum Gasteiger partial charge on any atom is 0.261 e. The minimum atomic E-state index is -0.0417. The van der Waals surface area contributed by atoms with Gasteiger partial charge in [0.1, 0.15) is 4.34 Å². The molecule has 1 aromatic heterocycles. The van der Waals surface area contributed by atoms with Gasteiger partial charge in [0, 0.05) is 13.1 Å². The number of nitrogens with zero attached hydrogens (tertiary/aromatic N) is 1. The van der Waals surface area contributed by atoms with Crippen molar-refractivity contribution >= 4 is 23.1 Å². The van der Waals surface area contributed by atoms with Crippen molar-refractivity contribution in [1.29, 1.82) is 0 Å². The fraction of sp³-hybridized carbons (Fsp3) is 0.545. The van der Waals surface area contributed by atoms with Gasteiger partial charge in [-0.25, -0.2) is 0 Å². The molecule has 1 heterocycles. The molecule has 15 heavy (non-hydrogen) atoms. The number of halogens is 1. The number of hydrogen-bond acceptors (Lipinski definition) is 2. The highest BCUT2D eigenvalue weighted by Gasteiger charge is 2.22. The Bertz CT molecular complexity index is 432. The van der Waals surface area contributed by atoms with Gasteiger partial charge >= 0.3 is 0 Å². The van der Waals surface area contributed by atoms with E-state index in [4.69, 9.17) is 11.6 Å². The van der Waals surface area contributed by atoms with Crippen LogP contribution in [0.3, 0.4) is 0 Å². The van der Waals surface area contributed by atoms with Crippen LogP contribution in [0.15, 0.2) is 22.5 Å². The van der Waals surface area contributed by atoms with Crippen molar-refractivity contribution in [2.45, 2.75) is 25.7 Å². The smallest absolute Gasteiger partial charge is 0.261 e. The molecule has 4 heteroatoms. The summed E-state index contributed by atoms with van der Waals surface area (Å²) in [5.41, 5.74) is 1.70. The highest BCUT2D eigenvalue weighted by molar-refractivity contribution is 7.11. The Balaban J connectivity index is 0.000000114. The third kappa shape index (κ3) is 2.73. The van der Waals surface area contributed by atoms with E-state index in [1.54, 1.807) is 12.6 Å². The van der Waals surface area contributed by atoms with Crippen LogP contribution in [0, 0.1) is 5.92 Å². The maximum absolute atomic E-state index is 10.5. The molecule has 0 aliphatic heterocycles. The van der Waals surface area contributed by atoms with Crippen LogP contribution in [0.2, 0.25) is 4.34 Å². The quantitative estimate of drug-likeness (QED) is 0.642. The van der Waals surface area contributed by atoms with Crippen LogP contribution in [-0.2, 0) is 7.05 Å². The molecule has 2 nitrogen and oxygen atoms in total. The molecule has 0 aromatic carbocycles. The van der Waals surface area contributed by atoms with E-state index < -0.39 is 0 Å². The molecule has 2 aliphatic rings. The molecule has 0 saturated heterocycles. The molecule has 2 aliphatic carbocycles. The van der Waals surface area contributed by atoms with Gasteiger partial charge in [0.05, 0.1) is 0 Å². The summed E-state index contributed by atoms with van der Waals surface area (Å²) < 4.78 is 2.01. The van der Waals surface area contributed by atoms with Crippen molar-refractivity contribution in [2.24, 2.45) is 13.0 Å². The van der Waals surface area contributed by atoms with Gasteiger partial charge in [-0.15, -0.1) is 0 Å². The molecule has 2 bridgehead atoms. The van der Waals surface area contributed by atoms with Crippen LogP contribution in [0.1, 0.15) is 25.7 Å². The molecule has 1 atom stereocenters. The summed E-state index contributed by atoms with van der Waals surface area (Å²) in [6, 6.07) is 1.40. The third-order valence-corrected chi connectivity index (χ3v) is 4.00. The molecule has 1 saturated carbocycles. The number of rotatable bonds is 0. The summed E-state index contributed by atoms with van der Waals surface area (Å²) in [4.78, 5) is 10.5. The Kier molecular flexibility index (Phi) is 3.32. The van der Waals surface area contributed by atoms with E-state index in [0.29, 0.717) is 4.34 Å². The predicted octanol–water partition coefficient (Wildman–Crippen LogP) is 3.22. The Morgan fingerprint density at radius 1 is 1.60 bits per heavy atom. The molecule has 3 rings (SSSR count). The molecular formula is C11H14ClNOS. The molecule has 0 radical (unpaired) electrons. The van der Waals surface area contributed by atoms with Crippen LogP contribution in [-0.4, -0.2) is 3.96 Å². The first-order chi connectivity index (χ1) is 7.15. The minimum Gasteiger partial charge on any atom is -0.268 e. The molecule has 0 amide bonds. The standard InChI is InChI=1S/C7H10.C4H4ClNOS/c1-2-7-4-3-6(1)5-7;1-6-4(7)2-3(5)8-6/h1,7H,2-5H2;2H,1H3. The molecular weight excluding hydrogens is 230 g/mol. The number of aryl methyl sites for hydroxylation is 1. The summed E-state index contributed by atoms with van der Waals surface area (Å²) in [6.07, 6.45) is 8.18. The Morgan fingerprint density at radius 3 is 2.53 bits per heavy atom. The summed E-state index contributed by atoms with van der Waals surface area (Å²) in [6.45, 7) is 0. The van der Waals surface area contributed by atoms with E-state index in [0.717, 1.165) is 5.92 Å². The maximum atomic E-state index is 10.5. The second kappa shape index (κ2) is 4.54. The lowest BCUT2D eigenvalue weighted by molar-refractivity contribution is 0.576. The van der Waals surface area contributed by atoms with E-state index in [1.165, 1.54) is 47.2 Å². The van der Waals surface area contributed by atoms with Gasteiger partial charge in [-0.05, 0) is 43.1 Å². The van der Waals surface area contributed by atoms with E-state index in [1.807, 2.05) is 0 Å². The number of fused-ring (bicyclic) bond motifs is 2. The second-order valence-corrected chi connectivity index (χ2v) is 5.88. The monoisotopic (exact) mass is 243 g/mol. The van der Waals surface area contributed by atoms with Gasteiger partial charge < -0.3 is 0 Å². The third-order valence-electron chi connectivity index (χ3n) is 2.94. The lowest BCUT2D eigenvalue weighted by Gasteiger charge is -1.98. The van der Waals surface area contributed by atoms with Crippen LogP contribution >= 0.6 is 23.1 Å². The zero-order valence-corrected chi connectivity index (χ0v) is 10.3. The average Bonchev–Trinajstić information content (AvgIpc) is 2.86. The van der Waals surface area contributed by atoms with Gasteiger partial charge in [0.2, 0.25) is 0 Å². The summed E-state index contributed by atoms with van der Waals surface area (Å²) in [5.74, 6) is 1.08. The second-order valence-electron chi connectivity index (χ2n) is 4.08. The van der Waals surface area contributed by atoms with E-state index in [2.05, 4.69) is 6.08 Å². The SMILES string of the molecule is C1=C2CCC(C1)C2.Cn1sc(Cl)cc1=O. The lowest BCUT2D eigenvalue weighted by atomic mass is 10.1. The fourth-order valence-corrected chi connectivity index (χ4v) is 3.04. The van der Waals surface area contributed by atoms with Gasteiger partial charge in [-0.1, -0.05) is 23.3 Å². The molecule has 82 valence electrons. The van der Waals surface area contributed by atoms with E-state index in [9.17, 15) is 4.79 Å². The Labute approximate surface area is 98.3 Å². The molecule has 0 spiro atoms. The lowest BCUT2D eigenvalue weighted by Crippen LogP contribution is -2.05. The first-order valence-electron chi connectivity index (χ1n) is 5.16. The first-order valence-corrected chi connectivity index (χ1v) is 6.31. The number of hydrogen-bond donors (Lipinski definition) is 0. The molecule has 1 unspecified atom stereocenters. The van der Waals surface area contributed by atoms with Crippen LogP contribution < -0.4 is 5.56 Å².